The van der Waals surface area contributed by atoms with Gasteiger partial charge in [-0.1, -0.05) is 29.8 Å². The lowest BCUT2D eigenvalue weighted by Crippen LogP contribution is -2.04. The Hall–Kier alpha value is -2.27. The van der Waals surface area contributed by atoms with E-state index >= 15 is 0 Å². The summed E-state index contributed by atoms with van der Waals surface area (Å²) in [5.74, 6) is 0.591. The number of aryl methyl sites for hydroxylation is 1. The van der Waals surface area contributed by atoms with Gasteiger partial charge in [-0.15, -0.1) is 0 Å². The molecule has 0 aliphatic carbocycles. The maximum absolute atomic E-state index is 5.90. The highest BCUT2D eigenvalue weighted by atomic mass is 35.5. The van der Waals surface area contributed by atoms with Crippen molar-refractivity contribution in [3.8, 4) is 0 Å². The Labute approximate surface area is 121 Å². The van der Waals surface area contributed by atoms with Crippen molar-refractivity contribution in [3.63, 3.8) is 0 Å². The maximum Gasteiger partial charge on any atom is 0.226 e. The van der Waals surface area contributed by atoms with Gasteiger partial charge in [-0.05, 0) is 24.1 Å². The van der Waals surface area contributed by atoms with Gasteiger partial charge in [-0.2, -0.15) is 9.97 Å². The van der Waals surface area contributed by atoms with E-state index in [1.54, 1.807) is 12.4 Å². The van der Waals surface area contributed by atoms with Gasteiger partial charge in [0.1, 0.15) is 0 Å². The molecule has 3 rings (SSSR count). The van der Waals surface area contributed by atoms with Gasteiger partial charge < -0.3 is 5.32 Å². The molecule has 0 saturated carbocycles. The van der Waals surface area contributed by atoms with E-state index in [0.717, 1.165) is 5.56 Å². The minimum absolute atomic E-state index is 0.157. The second-order valence-electron chi connectivity index (χ2n) is 4.41. The van der Waals surface area contributed by atoms with Gasteiger partial charge in [0.25, 0.3) is 0 Å². The molecule has 0 aliphatic rings. The van der Waals surface area contributed by atoms with Crippen LogP contribution in [0.5, 0.6) is 0 Å². The Morgan fingerprint density at radius 2 is 1.80 bits per heavy atom. The maximum atomic E-state index is 5.90. The molecule has 1 aromatic carbocycles. The molecule has 3 aromatic rings. The zero-order valence-corrected chi connectivity index (χ0v) is 11.6. The highest BCUT2D eigenvalue weighted by Gasteiger charge is 2.08. The molecule has 0 bridgehead atoms. The monoisotopic (exact) mass is 285 g/mol. The van der Waals surface area contributed by atoms with Crippen molar-refractivity contribution in [2.75, 3.05) is 5.32 Å². The van der Waals surface area contributed by atoms with Crippen molar-refractivity contribution in [1.29, 1.82) is 0 Å². The third kappa shape index (κ3) is 2.67. The fourth-order valence-corrected chi connectivity index (χ4v) is 2.02. The van der Waals surface area contributed by atoms with Gasteiger partial charge in [-0.25, -0.2) is 9.97 Å². The summed E-state index contributed by atoms with van der Waals surface area (Å²) in [5, 5.41) is 3.38. The van der Waals surface area contributed by atoms with Crippen LogP contribution in [0.25, 0.3) is 11.2 Å². The first-order valence-corrected chi connectivity index (χ1v) is 6.54. The first-order chi connectivity index (χ1) is 9.72. The number of benzene rings is 1. The van der Waals surface area contributed by atoms with E-state index in [2.05, 4.69) is 56.4 Å². The molecule has 0 saturated heterocycles. The molecule has 0 spiro atoms. The average Bonchev–Trinajstić information content (AvgIpc) is 2.46. The number of halogens is 1. The van der Waals surface area contributed by atoms with Crippen molar-refractivity contribution < 1.29 is 0 Å². The lowest BCUT2D eigenvalue weighted by Gasteiger charge is -2.08. The summed E-state index contributed by atoms with van der Waals surface area (Å²) in [6, 6.07) is 8.28. The van der Waals surface area contributed by atoms with Gasteiger partial charge in [0, 0.05) is 18.9 Å². The Kier molecular flexibility index (Phi) is 3.43. The van der Waals surface area contributed by atoms with Crippen LogP contribution >= 0.6 is 11.6 Å². The van der Waals surface area contributed by atoms with E-state index in [9.17, 15) is 0 Å². The Morgan fingerprint density at radius 1 is 1.05 bits per heavy atom. The Morgan fingerprint density at radius 3 is 2.60 bits per heavy atom. The van der Waals surface area contributed by atoms with Crippen LogP contribution in [0.15, 0.2) is 36.7 Å². The first-order valence-electron chi connectivity index (χ1n) is 6.16. The number of fused-ring (bicyclic) bond motifs is 1. The van der Waals surface area contributed by atoms with Crippen LogP contribution in [0.3, 0.4) is 0 Å². The van der Waals surface area contributed by atoms with E-state index < -0.39 is 0 Å². The normalized spacial score (nSPS) is 10.7. The number of hydrogen-bond acceptors (Lipinski definition) is 5. The molecule has 0 unspecified atom stereocenters. The van der Waals surface area contributed by atoms with Crippen LogP contribution in [-0.2, 0) is 6.54 Å². The highest BCUT2D eigenvalue weighted by molar-refractivity contribution is 6.28. The number of anilines is 1. The molecule has 0 radical (unpaired) electrons. The molecule has 100 valence electrons. The third-order valence-electron chi connectivity index (χ3n) is 2.89. The number of hydrogen-bond donors (Lipinski definition) is 1. The fraction of sp³-hybridized carbons (Fsp3) is 0.143. The van der Waals surface area contributed by atoms with Crippen LogP contribution < -0.4 is 5.32 Å². The summed E-state index contributed by atoms with van der Waals surface area (Å²) in [7, 11) is 0. The zero-order chi connectivity index (χ0) is 13.9. The van der Waals surface area contributed by atoms with Crippen LogP contribution in [0, 0.1) is 6.92 Å². The van der Waals surface area contributed by atoms with E-state index in [4.69, 9.17) is 11.6 Å². The topological polar surface area (TPSA) is 63.6 Å². The molecule has 0 fully saturated rings. The predicted molar refractivity (Wildman–Crippen MR) is 78.6 cm³/mol. The van der Waals surface area contributed by atoms with Crippen LogP contribution in [0.2, 0.25) is 5.28 Å². The van der Waals surface area contributed by atoms with Crippen LogP contribution in [0.1, 0.15) is 11.1 Å². The summed E-state index contributed by atoms with van der Waals surface area (Å²) in [5.41, 5.74) is 3.49. The summed E-state index contributed by atoms with van der Waals surface area (Å²) in [4.78, 5) is 16.6. The molecule has 2 heterocycles. The van der Waals surface area contributed by atoms with Gasteiger partial charge in [0.05, 0.1) is 0 Å². The summed E-state index contributed by atoms with van der Waals surface area (Å²) in [6.07, 6.45) is 3.19. The summed E-state index contributed by atoms with van der Waals surface area (Å²) >= 11 is 5.90. The van der Waals surface area contributed by atoms with E-state index in [1.165, 1.54) is 5.56 Å². The molecule has 1 N–H and O–H groups in total. The molecule has 0 atom stereocenters. The molecule has 0 amide bonds. The Bertz CT molecular complexity index is 742. The first kappa shape index (κ1) is 12.7. The minimum atomic E-state index is 0.157. The highest BCUT2D eigenvalue weighted by Crippen LogP contribution is 2.18. The molecular weight excluding hydrogens is 274 g/mol. The second-order valence-corrected chi connectivity index (χ2v) is 4.75. The fourth-order valence-electron chi connectivity index (χ4n) is 1.85. The zero-order valence-electron chi connectivity index (χ0n) is 10.8. The molecule has 20 heavy (non-hydrogen) atoms. The van der Waals surface area contributed by atoms with Crippen molar-refractivity contribution in [3.05, 3.63) is 53.1 Å². The van der Waals surface area contributed by atoms with Crippen LogP contribution in [-0.4, -0.2) is 19.9 Å². The number of aromatic nitrogens is 4. The lowest BCUT2D eigenvalue weighted by molar-refractivity contribution is 1.08. The average molecular weight is 286 g/mol. The summed E-state index contributed by atoms with van der Waals surface area (Å²) in [6.45, 7) is 2.70. The van der Waals surface area contributed by atoms with Gasteiger partial charge in [0.2, 0.25) is 5.28 Å². The molecule has 5 nitrogen and oxygen atoms in total. The summed E-state index contributed by atoms with van der Waals surface area (Å²) < 4.78 is 0. The van der Waals surface area contributed by atoms with Crippen molar-refractivity contribution in [1.82, 2.24) is 19.9 Å². The smallest absolute Gasteiger partial charge is 0.226 e. The van der Waals surface area contributed by atoms with E-state index in [-0.39, 0.29) is 5.28 Å². The quantitative estimate of drug-likeness (QED) is 0.750. The van der Waals surface area contributed by atoms with E-state index in [1.807, 2.05) is 0 Å². The van der Waals surface area contributed by atoms with Crippen molar-refractivity contribution in [2.45, 2.75) is 13.5 Å². The van der Waals surface area contributed by atoms with Gasteiger partial charge in [0.15, 0.2) is 17.0 Å². The molecule has 2 aromatic heterocycles. The molecule has 6 heteroatoms. The van der Waals surface area contributed by atoms with Crippen molar-refractivity contribution in [2.24, 2.45) is 0 Å². The number of rotatable bonds is 3. The third-order valence-corrected chi connectivity index (χ3v) is 3.06. The number of nitrogens with zero attached hydrogens (tertiary/aromatic N) is 4. The van der Waals surface area contributed by atoms with Gasteiger partial charge >= 0.3 is 0 Å². The van der Waals surface area contributed by atoms with Crippen molar-refractivity contribution >= 4 is 28.6 Å². The molecule has 0 aliphatic heterocycles. The lowest BCUT2D eigenvalue weighted by atomic mass is 10.1. The van der Waals surface area contributed by atoms with E-state index in [0.29, 0.717) is 23.5 Å². The minimum Gasteiger partial charge on any atom is -0.364 e. The second kappa shape index (κ2) is 5.38. The van der Waals surface area contributed by atoms with Crippen LogP contribution in [0.4, 0.5) is 5.82 Å². The molecular formula is C14H12ClN5. The predicted octanol–water partition coefficient (Wildman–Crippen LogP) is 2.99. The largest absolute Gasteiger partial charge is 0.364 e. The number of nitrogens with one attached hydrogen (secondary N) is 1. The SMILES string of the molecule is Cc1ccc(CNc2nc(Cl)nc3nccnc23)cc1. The van der Waals surface area contributed by atoms with Gasteiger partial charge in [-0.3, -0.25) is 0 Å². The standard InChI is InChI=1S/C14H12ClN5/c1-9-2-4-10(5-3-9)8-18-13-11-12(17-7-6-16-11)19-14(15)20-13/h2-7H,8H2,1H3,(H,17,18,19,20). The Balaban J connectivity index is 1.88.